The van der Waals surface area contributed by atoms with Crippen molar-refractivity contribution in [2.24, 2.45) is 5.92 Å². The van der Waals surface area contributed by atoms with Gasteiger partial charge >= 0.3 is 0 Å². The lowest BCUT2D eigenvalue weighted by atomic mass is 9.96. The fourth-order valence-corrected chi connectivity index (χ4v) is 5.62. The summed E-state index contributed by atoms with van der Waals surface area (Å²) in [6, 6.07) is 7.35. The average Bonchev–Trinajstić information content (AvgIpc) is 3.05. The second kappa shape index (κ2) is 8.85. The van der Waals surface area contributed by atoms with Gasteiger partial charge in [0.1, 0.15) is 10.6 Å². The molecule has 1 N–H and O–H groups in total. The summed E-state index contributed by atoms with van der Waals surface area (Å²) in [5.74, 6) is 0.0322. The molecule has 1 fully saturated rings. The molecule has 1 aromatic heterocycles. The van der Waals surface area contributed by atoms with Gasteiger partial charge in [0.05, 0.1) is 6.04 Å². The lowest BCUT2D eigenvalue weighted by molar-refractivity contribution is -0.126. The number of nitrogens with one attached hydrogen (secondary N) is 1. The number of benzene rings is 1. The first-order valence-electron chi connectivity index (χ1n) is 9.73. The fourth-order valence-electron chi connectivity index (χ4n) is 3.74. The van der Waals surface area contributed by atoms with Gasteiger partial charge in [-0.1, -0.05) is 35.8 Å². The highest BCUT2D eigenvalue weighted by Gasteiger charge is 2.35. The van der Waals surface area contributed by atoms with Crippen molar-refractivity contribution in [3.8, 4) is 0 Å². The molecule has 1 amide bonds. The number of aryl methyl sites for hydroxylation is 2. The molecule has 3 rings (SSSR count). The van der Waals surface area contributed by atoms with E-state index in [1.54, 1.807) is 13.8 Å². The normalized spacial score (nSPS) is 17.2. The Morgan fingerprint density at radius 2 is 1.90 bits per heavy atom. The minimum absolute atomic E-state index is 0.0406. The number of piperidine rings is 1. The number of carbonyl (C=O) groups excluding carboxylic acids is 1. The third-order valence-electron chi connectivity index (χ3n) is 5.39. The van der Waals surface area contributed by atoms with E-state index in [1.807, 2.05) is 31.2 Å². The fraction of sp³-hybridized carbons (Fsp3) is 0.500. The SMILES string of the molecule is CCC(NC(=O)C1CCN(S(=O)(=O)c2c(C)noc2C)CC1)c1ccc(Cl)cc1. The summed E-state index contributed by atoms with van der Waals surface area (Å²) < 4.78 is 32.3. The first kappa shape index (κ1) is 21.8. The van der Waals surface area contributed by atoms with Crippen molar-refractivity contribution in [3.63, 3.8) is 0 Å². The van der Waals surface area contributed by atoms with Gasteiger partial charge in [-0.05, 0) is 50.8 Å². The van der Waals surface area contributed by atoms with Gasteiger partial charge in [-0.3, -0.25) is 4.79 Å². The highest BCUT2D eigenvalue weighted by molar-refractivity contribution is 7.89. The summed E-state index contributed by atoms with van der Waals surface area (Å²) in [4.78, 5) is 12.9. The van der Waals surface area contributed by atoms with Crippen LogP contribution in [-0.4, -0.2) is 36.9 Å². The molecule has 158 valence electrons. The molecule has 1 unspecified atom stereocenters. The van der Waals surface area contributed by atoms with Crippen LogP contribution in [0.1, 0.15) is 49.2 Å². The Kier molecular flexibility index (Phi) is 6.65. The maximum atomic E-state index is 12.9. The molecular weight excluding hydrogens is 414 g/mol. The molecule has 0 bridgehead atoms. The summed E-state index contributed by atoms with van der Waals surface area (Å²) in [7, 11) is -3.67. The third kappa shape index (κ3) is 4.65. The van der Waals surface area contributed by atoms with E-state index in [1.165, 1.54) is 4.31 Å². The number of hydrogen-bond acceptors (Lipinski definition) is 5. The Labute approximate surface area is 176 Å². The standard InChI is InChI=1S/C20H26ClN3O4S/c1-4-18(15-5-7-17(21)8-6-15)22-20(25)16-9-11-24(12-10-16)29(26,27)19-13(2)23-28-14(19)3/h5-8,16,18H,4,9-12H2,1-3H3,(H,22,25). The molecule has 0 aliphatic carbocycles. The van der Waals surface area contributed by atoms with Gasteiger partial charge in [0.2, 0.25) is 15.9 Å². The van der Waals surface area contributed by atoms with Gasteiger partial charge in [-0.25, -0.2) is 8.42 Å². The van der Waals surface area contributed by atoms with Crippen LogP contribution in [0.2, 0.25) is 5.02 Å². The maximum absolute atomic E-state index is 12.9. The molecule has 1 atom stereocenters. The zero-order chi connectivity index (χ0) is 21.2. The monoisotopic (exact) mass is 439 g/mol. The first-order valence-corrected chi connectivity index (χ1v) is 11.5. The summed E-state index contributed by atoms with van der Waals surface area (Å²) in [5, 5.41) is 7.49. The number of carbonyl (C=O) groups is 1. The summed E-state index contributed by atoms with van der Waals surface area (Å²) >= 11 is 5.94. The van der Waals surface area contributed by atoms with Crippen LogP contribution in [0.4, 0.5) is 0 Å². The molecule has 0 saturated carbocycles. The molecule has 0 spiro atoms. The van der Waals surface area contributed by atoms with E-state index in [4.69, 9.17) is 16.1 Å². The van der Waals surface area contributed by atoms with Crippen molar-refractivity contribution in [3.05, 3.63) is 46.3 Å². The van der Waals surface area contributed by atoms with E-state index in [0.29, 0.717) is 36.6 Å². The molecule has 1 aliphatic heterocycles. The minimum Gasteiger partial charge on any atom is -0.360 e. The largest absolute Gasteiger partial charge is 0.360 e. The van der Waals surface area contributed by atoms with Gasteiger partial charge < -0.3 is 9.84 Å². The summed E-state index contributed by atoms with van der Waals surface area (Å²) in [6.07, 6.45) is 1.71. The number of halogens is 1. The van der Waals surface area contributed by atoms with Crippen LogP contribution in [0.5, 0.6) is 0 Å². The second-order valence-electron chi connectivity index (χ2n) is 7.35. The van der Waals surface area contributed by atoms with Crippen molar-refractivity contribution < 1.29 is 17.7 Å². The van der Waals surface area contributed by atoms with Crippen molar-refractivity contribution >= 4 is 27.5 Å². The predicted molar refractivity (Wildman–Crippen MR) is 110 cm³/mol. The van der Waals surface area contributed by atoms with E-state index < -0.39 is 10.0 Å². The lowest BCUT2D eigenvalue weighted by Gasteiger charge is -2.31. The van der Waals surface area contributed by atoms with Crippen LogP contribution < -0.4 is 5.32 Å². The average molecular weight is 440 g/mol. The Balaban J connectivity index is 1.62. The maximum Gasteiger partial charge on any atom is 0.248 e. The molecule has 7 nitrogen and oxygen atoms in total. The number of hydrogen-bond donors (Lipinski definition) is 1. The molecule has 1 aliphatic rings. The Hall–Kier alpha value is -1.90. The molecular formula is C20H26ClN3O4S. The molecule has 2 aromatic rings. The number of sulfonamides is 1. The first-order chi connectivity index (χ1) is 13.7. The second-order valence-corrected chi connectivity index (χ2v) is 9.66. The van der Waals surface area contributed by atoms with Crippen LogP contribution >= 0.6 is 11.6 Å². The minimum atomic E-state index is -3.67. The zero-order valence-electron chi connectivity index (χ0n) is 16.8. The molecule has 2 heterocycles. The molecule has 1 aromatic carbocycles. The molecule has 1 saturated heterocycles. The van der Waals surface area contributed by atoms with E-state index in [-0.39, 0.29) is 28.5 Å². The number of rotatable bonds is 6. The molecule has 29 heavy (non-hydrogen) atoms. The van der Waals surface area contributed by atoms with Crippen LogP contribution in [0.25, 0.3) is 0 Å². The third-order valence-corrected chi connectivity index (χ3v) is 7.78. The Bertz CT molecular complexity index is 945. The van der Waals surface area contributed by atoms with Gasteiger partial charge in [0, 0.05) is 24.0 Å². The number of nitrogens with zero attached hydrogens (tertiary/aromatic N) is 2. The highest BCUT2D eigenvalue weighted by atomic mass is 35.5. The lowest BCUT2D eigenvalue weighted by Crippen LogP contribution is -2.43. The quantitative estimate of drug-likeness (QED) is 0.742. The molecule has 9 heteroatoms. The zero-order valence-corrected chi connectivity index (χ0v) is 18.4. The van der Waals surface area contributed by atoms with E-state index in [0.717, 1.165) is 12.0 Å². The smallest absolute Gasteiger partial charge is 0.248 e. The van der Waals surface area contributed by atoms with Crippen LogP contribution in [0.15, 0.2) is 33.7 Å². The van der Waals surface area contributed by atoms with Crippen molar-refractivity contribution in [2.45, 2.75) is 51.0 Å². The van der Waals surface area contributed by atoms with Crippen molar-refractivity contribution in [1.29, 1.82) is 0 Å². The Morgan fingerprint density at radius 3 is 2.41 bits per heavy atom. The highest BCUT2D eigenvalue weighted by Crippen LogP contribution is 2.28. The van der Waals surface area contributed by atoms with E-state index in [2.05, 4.69) is 10.5 Å². The van der Waals surface area contributed by atoms with Gasteiger partial charge in [-0.15, -0.1) is 0 Å². The summed E-state index contributed by atoms with van der Waals surface area (Å²) in [6.45, 7) is 5.81. The Morgan fingerprint density at radius 1 is 1.28 bits per heavy atom. The summed E-state index contributed by atoms with van der Waals surface area (Å²) in [5.41, 5.74) is 1.36. The van der Waals surface area contributed by atoms with E-state index >= 15 is 0 Å². The predicted octanol–water partition coefficient (Wildman–Crippen LogP) is 3.61. The van der Waals surface area contributed by atoms with E-state index in [9.17, 15) is 13.2 Å². The van der Waals surface area contributed by atoms with Crippen LogP contribution in [0.3, 0.4) is 0 Å². The topological polar surface area (TPSA) is 92.5 Å². The van der Waals surface area contributed by atoms with Crippen LogP contribution in [-0.2, 0) is 14.8 Å². The van der Waals surface area contributed by atoms with Gasteiger partial charge in [0.25, 0.3) is 0 Å². The van der Waals surface area contributed by atoms with Gasteiger partial charge in [-0.2, -0.15) is 4.31 Å². The van der Waals surface area contributed by atoms with Gasteiger partial charge in [0.15, 0.2) is 5.76 Å². The number of amides is 1. The molecule has 0 radical (unpaired) electrons. The van der Waals surface area contributed by atoms with Crippen molar-refractivity contribution in [2.75, 3.05) is 13.1 Å². The number of aromatic nitrogens is 1. The van der Waals surface area contributed by atoms with Crippen molar-refractivity contribution in [1.82, 2.24) is 14.8 Å². The van der Waals surface area contributed by atoms with Crippen LogP contribution in [0, 0.1) is 19.8 Å².